The Bertz CT molecular complexity index is 220. The second-order valence-electron chi connectivity index (χ2n) is 3.89. The van der Waals surface area contributed by atoms with Crippen molar-refractivity contribution < 1.29 is 10.2 Å². The van der Waals surface area contributed by atoms with Crippen molar-refractivity contribution in [2.45, 2.75) is 32.5 Å². The highest BCUT2D eigenvalue weighted by molar-refractivity contribution is 5.18. The molecule has 2 N–H and O–H groups in total. The first-order valence-electron chi connectivity index (χ1n) is 4.75. The maximum atomic E-state index is 9.78. The van der Waals surface area contributed by atoms with Crippen molar-refractivity contribution in [1.29, 1.82) is 0 Å². The van der Waals surface area contributed by atoms with Crippen molar-refractivity contribution in [2.24, 2.45) is 11.8 Å². The standard InChI is InChI=1S/C11H18O2/c1-4-5-9-6-10(12)8(3)11(13)7(9)2/h4-5,7-8,10-13H,1,6H2,2-3H3/b9-5-/t7-,8+,10+,11+/m0/s1. The van der Waals surface area contributed by atoms with Crippen LogP contribution in [0.15, 0.2) is 24.3 Å². The number of hydrogen-bond donors (Lipinski definition) is 2. The predicted molar refractivity (Wildman–Crippen MR) is 53.2 cm³/mol. The average Bonchev–Trinajstić information content (AvgIpc) is 2.11. The summed E-state index contributed by atoms with van der Waals surface area (Å²) < 4.78 is 0. The van der Waals surface area contributed by atoms with E-state index in [0.29, 0.717) is 6.42 Å². The van der Waals surface area contributed by atoms with Gasteiger partial charge in [-0.3, -0.25) is 0 Å². The molecule has 4 atom stereocenters. The Balaban J connectivity index is 2.82. The van der Waals surface area contributed by atoms with E-state index in [1.54, 1.807) is 6.08 Å². The first-order valence-corrected chi connectivity index (χ1v) is 4.75. The lowest BCUT2D eigenvalue weighted by Crippen LogP contribution is -2.40. The molecule has 1 rings (SSSR count). The van der Waals surface area contributed by atoms with Crippen LogP contribution in [-0.2, 0) is 0 Å². The molecule has 13 heavy (non-hydrogen) atoms. The van der Waals surface area contributed by atoms with Crippen LogP contribution in [-0.4, -0.2) is 22.4 Å². The topological polar surface area (TPSA) is 40.5 Å². The van der Waals surface area contributed by atoms with Crippen LogP contribution < -0.4 is 0 Å². The third kappa shape index (κ3) is 2.01. The quantitative estimate of drug-likeness (QED) is 0.645. The summed E-state index contributed by atoms with van der Waals surface area (Å²) in [5.41, 5.74) is 1.09. The third-order valence-electron chi connectivity index (χ3n) is 3.02. The van der Waals surface area contributed by atoms with Gasteiger partial charge in [0.25, 0.3) is 0 Å². The molecule has 74 valence electrons. The van der Waals surface area contributed by atoms with E-state index in [9.17, 15) is 10.2 Å². The van der Waals surface area contributed by atoms with Gasteiger partial charge < -0.3 is 10.2 Å². The maximum absolute atomic E-state index is 9.78. The van der Waals surface area contributed by atoms with Crippen LogP contribution in [0.2, 0.25) is 0 Å². The van der Waals surface area contributed by atoms with Crippen LogP contribution >= 0.6 is 0 Å². The van der Waals surface area contributed by atoms with Gasteiger partial charge >= 0.3 is 0 Å². The Morgan fingerprint density at radius 2 is 2.00 bits per heavy atom. The highest BCUT2D eigenvalue weighted by Gasteiger charge is 2.34. The minimum atomic E-state index is -0.435. The van der Waals surface area contributed by atoms with Crippen LogP contribution in [0.25, 0.3) is 0 Å². The van der Waals surface area contributed by atoms with Crippen LogP contribution in [0, 0.1) is 11.8 Å². The van der Waals surface area contributed by atoms with Gasteiger partial charge in [-0.25, -0.2) is 0 Å². The molecular formula is C11H18O2. The first-order chi connectivity index (χ1) is 6.07. The zero-order valence-electron chi connectivity index (χ0n) is 8.27. The van der Waals surface area contributed by atoms with E-state index in [1.165, 1.54) is 0 Å². The molecule has 1 aliphatic rings. The van der Waals surface area contributed by atoms with E-state index in [2.05, 4.69) is 6.58 Å². The van der Waals surface area contributed by atoms with E-state index in [-0.39, 0.29) is 11.8 Å². The van der Waals surface area contributed by atoms with Gasteiger partial charge in [-0.05, 0) is 6.42 Å². The van der Waals surface area contributed by atoms with Crippen molar-refractivity contribution >= 4 is 0 Å². The monoisotopic (exact) mass is 182 g/mol. The Morgan fingerprint density at radius 1 is 1.38 bits per heavy atom. The minimum absolute atomic E-state index is 0.0306. The van der Waals surface area contributed by atoms with Gasteiger partial charge in [0.1, 0.15) is 0 Å². The predicted octanol–water partition coefficient (Wildman–Crippen LogP) is 1.50. The summed E-state index contributed by atoms with van der Waals surface area (Å²) in [6, 6.07) is 0. The summed E-state index contributed by atoms with van der Waals surface area (Å²) in [6.07, 6.45) is 3.41. The summed E-state index contributed by atoms with van der Waals surface area (Å²) in [5, 5.41) is 19.4. The molecular weight excluding hydrogens is 164 g/mol. The van der Waals surface area contributed by atoms with Crippen LogP contribution in [0.5, 0.6) is 0 Å². The Morgan fingerprint density at radius 3 is 2.54 bits per heavy atom. The molecule has 0 aromatic heterocycles. The van der Waals surface area contributed by atoms with E-state index < -0.39 is 12.2 Å². The molecule has 0 aromatic carbocycles. The first kappa shape index (κ1) is 10.5. The van der Waals surface area contributed by atoms with Crippen LogP contribution in [0.1, 0.15) is 20.3 Å². The lowest BCUT2D eigenvalue weighted by Gasteiger charge is -2.36. The van der Waals surface area contributed by atoms with Gasteiger partial charge in [-0.2, -0.15) is 0 Å². The fraction of sp³-hybridized carbons (Fsp3) is 0.636. The Hall–Kier alpha value is -0.600. The van der Waals surface area contributed by atoms with Crippen LogP contribution in [0.3, 0.4) is 0 Å². The van der Waals surface area contributed by atoms with Gasteiger partial charge in [-0.15, -0.1) is 0 Å². The van der Waals surface area contributed by atoms with Gasteiger partial charge in [0.2, 0.25) is 0 Å². The summed E-state index contributed by atoms with van der Waals surface area (Å²) >= 11 is 0. The second kappa shape index (κ2) is 4.07. The van der Waals surface area contributed by atoms with Crippen molar-refractivity contribution in [1.82, 2.24) is 0 Å². The van der Waals surface area contributed by atoms with Crippen molar-refractivity contribution in [3.8, 4) is 0 Å². The zero-order chi connectivity index (χ0) is 10.0. The molecule has 0 amide bonds. The van der Waals surface area contributed by atoms with Crippen molar-refractivity contribution in [2.75, 3.05) is 0 Å². The zero-order valence-corrected chi connectivity index (χ0v) is 8.27. The molecule has 0 aliphatic heterocycles. The summed E-state index contributed by atoms with van der Waals surface area (Å²) in [7, 11) is 0. The molecule has 0 radical (unpaired) electrons. The van der Waals surface area contributed by atoms with Crippen molar-refractivity contribution in [3.05, 3.63) is 24.3 Å². The molecule has 0 bridgehead atoms. The number of aliphatic hydroxyl groups is 2. The van der Waals surface area contributed by atoms with E-state index in [1.807, 2.05) is 19.9 Å². The van der Waals surface area contributed by atoms with E-state index >= 15 is 0 Å². The highest BCUT2D eigenvalue weighted by atomic mass is 16.3. The minimum Gasteiger partial charge on any atom is -0.392 e. The smallest absolute Gasteiger partial charge is 0.0653 e. The number of allylic oxidation sites excluding steroid dienone is 2. The molecule has 2 heteroatoms. The molecule has 0 unspecified atom stereocenters. The molecule has 1 aliphatic carbocycles. The summed E-state index contributed by atoms with van der Waals surface area (Å²) in [5.74, 6) is 0.105. The SMILES string of the molecule is C=C/C=C1/C[C@@H](O)[C@@H](C)[C@H](O)[C@H]1C. The maximum Gasteiger partial charge on any atom is 0.0653 e. The molecule has 1 fully saturated rings. The van der Waals surface area contributed by atoms with Gasteiger partial charge in [0.15, 0.2) is 0 Å². The second-order valence-corrected chi connectivity index (χ2v) is 3.89. The van der Waals surface area contributed by atoms with E-state index in [0.717, 1.165) is 5.57 Å². The fourth-order valence-electron chi connectivity index (χ4n) is 1.89. The summed E-state index contributed by atoms with van der Waals surface area (Å²) in [4.78, 5) is 0. The van der Waals surface area contributed by atoms with Crippen LogP contribution in [0.4, 0.5) is 0 Å². The molecule has 0 saturated heterocycles. The molecule has 0 spiro atoms. The largest absolute Gasteiger partial charge is 0.392 e. The fourth-order valence-corrected chi connectivity index (χ4v) is 1.89. The third-order valence-corrected chi connectivity index (χ3v) is 3.02. The van der Waals surface area contributed by atoms with Crippen molar-refractivity contribution in [3.63, 3.8) is 0 Å². The number of rotatable bonds is 1. The normalized spacial score (nSPS) is 43.5. The Kier molecular flexibility index (Phi) is 3.28. The molecule has 1 saturated carbocycles. The number of hydrogen-bond acceptors (Lipinski definition) is 2. The van der Waals surface area contributed by atoms with Gasteiger partial charge in [0.05, 0.1) is 12.2 Å². The molecule has 2 nitrogen and oxygen atoms in total. The van der Waals surface area contributed by atoms with Gasteiger partial charge in [0, 0.05) is 11.8 Å². The van der Waals surface area contributed by atoms with Gasteiger partial charge in [-0.1, -0.05) is 38.2 Å². The Labute approximate surface area is 79.6 Å². The lowest BCUT2D eigenvalue weighted by molar-refractivity contribution is -0.0208. The number of aliphatic hydroxyl groups excluding tert-OH is 2. The average molecular weight is 182 g/mol. The van der Waals surface area contributed by atoms with E-state index in [4.69, 9.17) is 0 Å². The highest BCUT2D eigenvalue weighted by Crippen LogP contribution is 2.33. The molecule has 0 heterocycles. The molecule has 0 aromatic rings. The lowest BCUT2D eigenvalue weighted by atomic mass is 9.75. The summed E-state index contributed by atoms with van der Waals surface area (Å²) in [6.45, 7) is 7.49.